The number of carbonyl (C=O) groups excluding carboxylic acids is 4. The molecule has 0 radical (unpaired) electrons. The van der Waals surface area contributed by atoms with Crippen molar-refractivity contribution < 1.29 is 38.1 Å². The molecule has 16 heteroatoms. The molecule has 436 valence electrons. The van der Waals surface area contributed by atoms with E-state index in [1.165, 1.54) is 39.8 Å². The van der Waals surface area contributed by atoms with Crippen molar-refractivity contribution in [1.29, 1.82) is 0 Å². The van der Waals surface area contributed by atoms with Gasteiger partial charge in [-0.1, -0.05) is 248 Å². The van der Waals surface area contributed by atoms with Crippen LogP contribution in [-0.2, 0) is 52.2 Å². The van der Waals surface area contributed by atoms with Gasteiger partial charge >= 0.3 is 11.9 Å². The van der Waals surface area contributed by atoms with E-state index >= 15 is 4.79 Å². The average molecular weight is 1220 g/mol. The van der Waals surface area contributed by atoms with Crippen molar-refractivity contribution in [3.05, 3.63) is 334 Å². The molecule has 4 heterocycles. The first-order chi connectivity index (χ1) is 43.3. The first-order valence-corrected chi connectivity index (χ1v) is 31.5. The molecule has 8 aromatic carbocycles. The molecule has 88 heavy (non-hydrogen) atoms. The predicted molar refractivity (Wildman–Crippen MR) is 344 cm³/mol. The molecule has 1 fully saturated rings. The molecular weight excluding hydrogens is 1160 g/mol. The fourth-order valence-corrected chi connectivity index (χ4v) is 13.9. The van der Waals surface area contributed by atoms with Crippen LogP contribution in [0, 0.1) is 0 Å². The molecule has 10 aromatic rings. The van der Waals surface area contributed by atoms with Crippen LogP contribution in [0.1, 0.15) is 62.4 Å². The number of aromatic nitrogens is 2. The van der Waals surface area contributed by atoms with Gasteiger partial charge < -0.3 is 24.9 Å². The summed E-state index contributed by atoms with van der Waals surface area (Å²) in [5.41, 5.74) is 6.97. The lowest BCUT2D eigenvalue weighted by atomic mass is 9.77. The van der Waals surface area contributed by atoms with E-state index in [1.54, 1.807) is 9.95 Å². The number of β-lactam (4-membered cyclic amide) rings is 1. The van der Waals surface area contributed by atoms with Crippen molar-refractivity contribution in [3.8, 4) is 0 Å². The fourth-order valence-electron chi connectivity index (χ4n) is 10.8. The molecule has 2 aromatic heterocycles. The number of nitrogens with zero attached hydrogens (tertiary/aromatic N) is 4. The zero-order valence-corrected chi connectivity index (χ0v) is 49.9. The van der Waals surface area contributed by atoms with Gasteiger partial charge in [0.15, 0.2) is 35.4 Å². The molecular formula is C72H59N6O7S3+. The topological polar surface area (TPSA) is 152 Å². The maximum absolute atomic E-state index is 15.1. The summed E-state index contributed by atoms with van der Waals surface area (Å²) < 4.78 is 14.4. The predicted octanol–water partition coefficient (Wildman–Crippen LogP) is 12.9. The van der Waals surface area contributed by atoms with Gasteiger partial charge in [0.05, 0.1) is 0 Å². The van der Waals surface area contributed by atoms with Crippen molar-refractivity contribution >= 4 is 69.5 Å². The lowest BCUT2D eigenvalue weighted by Gasteiger charge is -2.49. The molecule has 2 aliphatic heterocycles. The quantitative estimate of drug-likeness (QED) is 0.0120. The maximum atomic E-state index is 15.1. The van der Waals surface area contributed by atoms with Gasteiger partial charge in [0, 0.05) is 33.9 Å². The van der Waals surface area contributed by atoms with Crippen LogP contribution in [-0.4, -0.2) is 62.3 Å². The second-order valence-corrected chi connectivity index (χ2v) is 23.8. The average Bonchev–Trinajstić information content (AvgIpc) is 1.00. The second-order valence-electron chi connectivity index (χ2n) is 20.8. The lowest BCUT2D eigenvalue weighted by Crippen LogP contribution is -2.71. The smallest absolute Gasteiger partial charge is 0.373 e. The third kappa shape index (κ3) is 13.2. The number of fused-ring (bicyclic) bond motifs is 1. The number of pyridine rings is 1. The first-order valence-electron chi connectivity index (χ1n) is 28.6. The molecule has 2 amide bonds. The number of carbonyl (C=O) groups is 4. The van der Waals surface area contributed by atoms with E-state index < -0.39 is 52.9 Å². The van der Waals surface area contributed by atoms with E-state index in [-0.39, 0.29) is 30.3 Å². The lowest BCUT2D eigenvalue weighted by molar-refractivity contribution is -0.686. The Hall–Kier alpha value is -9.87. The van der Waals surface area contributed by atoms with E-state index in [1.807, 2.05) is 231 Å². The van der Waals surface area contributed by atoms with Gasteiger partial charge in [-0.15, -0.1) is 34.9 Å². The maximum Gasteiger partial charge on any atom is 0.373 e. The highest BCUT2D eigenvalue weighted by Crippen LogP contribution is 2.44. The summed E-state index contributed by atoms with van der Waals surface area (Å²) in [6.45, 7) is 0.0427. The molecule has 12 rings (SSSR count). The molecule has 1 unspecified atom stereocenters. The van der Waals surface area contributed by atoms with Crippen LogP contribution in [0.4, 0.5) is 5.13 Å². The van der Waals surface area contributed by atoms with Crippen LogP contribution in [0.15, 0.2) is 294 Å². The molecule has 2 atom stereocenters. The zero-order valence-electron chi connectivity index (χ0n) is 47.5. The molecule has 2 N–H and O–H groups in total. The van der Waals surface area contributed by atoms with Crippen molar-refractivity contribution in [1.82, 2.24) is 15.2 Å². The van der Waals surface area contributed by atoms with Crippen molar-refractivity contribution in [3.63, 3.8) is 0 Å². The summed E-state index contributed by atoms with van der Waals surface area (Å²) in [6.07, 6.45) is 2.26. The SMILES string of the molecule is O=C(C[n+]1ccc(SCC2=C(C(=O)OC(c3ccccc3)c3ccccc3)N3C(=O)C(NC(=O)C(=NOCc4ccccc4)c4csc(NC(c5ccccc5)(c5ccccc5)c5ccccc5)n4)[C@@H]3SC2)cc1)OC(c1ccccc1)c1ccccc1. The number of amides is 2. The number of oxime groups is 1. The van der Waals surface area contributed by atoms with Crippen molar-refractivity contribution in [2.24, 2.45) is 5.16 Å². The summed E-state index contributed by atoms with van der Waals surface area (Å²) in [5, 5.41) is 12.8. The Kier molecular flexibility index (Phi) is 18.4. The molecule has 0 saturated carbocycles. The summed E-state index contributed by atoms with van der Waals surface area (Å²) in [6, 6.07) is 80.9. The normalized spacial score (nSPS) is 14.8. The number of hydrogen-bond donors (Lipinski definition) is 2. The molecule has 13 nitrogen and oxygen atoms in total. The van der Waals surface area contributed by atoms with Gasteiger partial charge in [-0.05, 0) is 50.1 Å². The number of benzene rings is 8. The number of rotatable bonds is 23. The molecule has 0 bridgehead atoms. The van der Waals surface area contributed by atoms with Crippen LogP contribution in [0.25, 0.3) is 0 Å². The number of esters is 2. The van der Waals surface area contributed by atoms with Crippen LogP contribution in [0.2, 0.25) is 0 Å². The zero-order chi connectivity index (χ0) is 60.1. The number of anilines is 1. The van der Waals surface area contributed by atoms with Crippen molar-refractivity contribution in [2.45, 2.75) is 47.2 Å². The minimum Gasteiger partial charge on any atom is -0.448 e. The summed E-state index contributed by atoms with van der Waals surface area (Å²) >= 11 is 4.23. The number of nitrogens with one attached hydrogen (secondary N) is 2. The van der Waals surface area contributed by atoms with E-state index in [2.05, 4.69) is 52.2 Å². The van der Waals surface area contributed by atoms with Gasteiger partial charge in [-0.25, -0.2) is 14.6 Å². The molecule has 0 spiro atoms. The molecule has 0 aliphatic carbocycles. The minimum absolute atomic E-state index is 0.0198. The van der Waals surface area contributed by atoms with Gasteiger partial charge in [0.2, 0.25) is 6.54 Å². The highest BCUT2D eigenvalue weighted by atomic mass is 32.2. The van der Waals surface area contributed by atoms with Gasteiger partial charge in [-0.3, -0.25) is 14.5 Å². The largest absolute Gasteiger partial charge is 0.448 e. The van der Waals surface area contributed by atoms with E-state index in [9.17, 15) is 14.4 Å². The third-order valence-electron chi connectivity index (χ3n) is 15.1. The Morgan fingerprint density at radius 1 is 0.625 bits per heavy atom. The van der Waals surface area contributed by atoms with Crippen LogP contribution in [0.3, 0.4) is 0 Å². The Labute approximate surface area is 522 Å². The van der Waals surface area contributed by atoms with E-state index in [0.29, 0.717) is 22.2 Å². The number of thiazole rings is 1. The Morgan fingerprint density at radius 2 is 1.09 bits per heavy atom. The highest BCUT2D eigenvalue weighted by molar-refractivity contribution is 8.01. The van der Waals surface area contributed by atoms with E-state index in [0.717, 1.165) is 49.4 Å². The standard InChI is InChI=1S/C72H58N6O7S3/c79-61(84-65(51-27-11-2-12-28-51)52-29-13-3-14-30-52)45-77-43-41-59(42-44-77)86-47-55-48-87-69-63(68(81)78(69)64(55)70(82)85-66(53-31-15-4-16-32-53)54-33-17-5-18-34-54)74-67(80)62(76-83-46-50-25-9-1-10-26-50)60-49-88-71(73-60)75-72(56-35-19-6-20-36-56,57-37-21-7-22-38-57)58-39-23-8-24-40-58/h1-44,49,63,65-66,69H,45-48H2,(H-,73,74,75,80)/p+1/t63?,69-/m0/s1. The third-order valence-corrected chi connectivity index (χ3v) is 18.3. The van der Waals surface area contributed by atoms with Gasteiger partial charge in [0.25, 0.3) is 11.8 Å². The second kappa shape index (κ2) is 27.7. The summed E-state index contributed by atoms with van der Waals surface area (Å²) in [7, 11) is 0. The van der Waals surface area contributed by atoms with Gasteiger partial charge in [-0.2, -0.15) is 4.57 Å². The Bertz CT molecular complexity index is 3880. The highest BCUT2D eigenvalue weighted by Gasteiger charge is 2.55. The van der Waals surface area contributed by atoms with Crippen LogP contribution >= 0.6 is 34.9 Å². The monoisotopic (exact) mass is 1220 g/mol. The number of hydrogen-bond acceptors (Lipinski definition) is 13. The summed E-state index contributed by atoms with van der Waals surface area (Å²) in [5.74, 6) is -1.59. The fraction of sp³-hybridized carbons (Fsp3) is 0.125. The minimum atomic E-state index is -1.06. The Morgan fingerprint density at radius 3 is 1.59 bits per heavy atom. The summed E-state index contributed by atoms with van der Waals surface area (Å²) in [4.78, 5) is 71.6. The Balaban J connectivity index is 0.808. The number of thioether (sulfide) groups is 2. The molecule has 1 saturated heterocycles. The van der Waals surface area contributed by atoms with Crippen LogP contribution in [0.5, 0.6) is 0 Å². The van der Waals surface area contributed by atoms with Crippen molar-refractivity contribution in [2.75, 3.05) is 16.8 Å². The van der Waals surface area contributed by atoms with Gasteiger partial charge in [0.1, 0.15) is 35.0 Å². The van der Waals surface area contributed by atoms with Crippen LogP contribution < -0.4 is 15.2 Å². The molecule has 2 aliphatic rings. The van der Waals surface area contributed by atoms with E-state index in [4.69, 9.17) is 19.3 Å². The number of ether oxygens (including phenoxy) is 2. The first kappa shape index (κ1) is 58.5.